The number of methoxy groups -OCH3 is 2. The average molecular weight is 192 g/mol. The van der Waals surface area contributed by atoms with Crippen molar-refractivity contribution >= 4 is 0 Å². The molecule has 0 rings (SSSR count). The summed E-state index contributed by atoms with van der Waals surface area (Å²) in [6.07, 6.45) is 2.56. The molecular formula is C9H20O4. The lowest BCUT2D eigenvalue weighted by Gasteiger charge is -2.13. The third-order valence-electron chi connectivity index (χ3n) is 1.73. The molecule has 4 nitrogen and oxygen atoms in total. The van der Waals surface area contributed by atoms with Crippen molar-refractivity contribution in [3.63, 3.8) is 0 Å². The van der Waals surface area contributed by atoms with Gasteiger partial charge >= 0.3 is 0 Å². The molecule has 0 atom stereocenters. The van der Waals surface area contributed by atoms with Crippen LogP contribution in [0, 0.1) is 0 Å². The van der Waals surface area contributed by atoms with Gasteiger partial charge in [0.05, 0.1) is 6.61 Å². The highest BCUT2D eigenvalue weighted by molar-refractivity contribution is 4.42. The first-order chi connectivity index (χ1) is 6.35. The lowest BCUT2D eigenvalue weighted by atomic mass is 10.2. The second kappa shape index (κ2) is 9.92. The van der Waals surface area contributed by atoms with Crippen molar-refractivity contribution in [2.24, 2.45) is 0 Å². The van der Waals surface area contributed by atoms with E-state index in [1.54, 1.807) is 14.2 Å². The molecule has 0 aliphatic rings. The van der Waals surface area contributed by atoms with E-state index in [9.17, 15) is 0 Å². The Morgan fingerprint density at radius 3 is 2.31 bits per heavy atom. The fourth-order valence-corrected chi connectivity index (χ4v) is 0.905. The van der Waals surface area contributed by atoms with Gasteiger partial charge in [-0.1, -0.05) is 0 Å². The maximum Gasteiger partial charge on any atom is 0.180 e. The average Bonchev–Trinajstić information content (AvgIpc) is 2.17. The standard InChI is InChI=1S/C9H20O4/c1-11-9(12-2)8-13-7-5-3-4-6-10/h9-10H,3-8H2,1-2H3. The van der Waals surface area contributed by atoms with Crippen LogP contribution in [0.3, 0.4) is 0 Å². The fraction of sp³-hybridized carbons (Fsp3) is 1.00. The van der Waals surface area contributed by atoms with Crippen LogP contribution in [0.1, 0.15) is 19.3 Å². The molecule has 0 aliphatic carbocycles. The van der Waals surface area contributed by atoms with Crippen LogP contribution in [0.5, 0.6) is 0 Å². The molecule has 0 amide bonds. The molecule has 0 aliphatic heterocycles. The summed E-state index contributed by atoms with van der Waals surface area (Å²) >= 11 is 0. The Balaban J connectivity index is 3.05. The van der Waals surface area contributed by atoms with E-state index in [1.165, 1.54) is 0 Å². The first-order valence-corrected chi connectivity index (χ1v) is 4.59. The fourth-order valence-electron chi connectivity index (χ4n) is 0.905. The van der Waals surface area contributed by atoms with Crippen molar-refractivity contribution in [2.75, 3.05) is 34.0 Å². The zero-order chi connectivity index (χ0) is 9.94. The molecule has 80 valence electrons. The Bertz CT molecular complexity index is 93.6. The highest BCUT2D eigenvalue weighted by Gasteiger charge is 2.03. The van der Waals surface area contributed by atoms with Crippen LogP contribution < -0.4 is 0 Å². The highest BCUT2D eigenvalue weighted by Crippen LogP contribution is 1.97. The Kier molecular flexibility index (Phi) is 9.80. The zero-order valence-corrected chi connectivity index (χ0v) is 8.49. The van der Waals surface area contributed by atoms with E-state index in [0.29, 0.717) is 13.2 Å². The van der Waals surface area contributed by atoms with Crippen molar-refractivity contribution in [3.8, 4) is 0 Å². The molecular weight excluding hydrogens is 172 g/mol. The van der Waals surface area contributed by atoms with E-state index < -0.39 is 0 Å². The second-order valence-electron chi connectivity index (χ2n) is 2.76. The van der Waals surface area contributed by atoms with E-state index in [2.05, 4.69) is 0 Å². The maximum atomic E-state index is 8.51. The number of rotatable bonds is 9. The molecule has 0 bridgehead atoms. The lowest BCUT2D eigenvalue weighted by molar-refractivity contribution is -0.140. The second-order valence-corrected chi connectivity index (χ2v) is 2.76. The van der Waals surface area contributed by atoms with Gasteiger partial charge in [-0.05, 0) is 19.3 Å². The van der Waals surface area contributed by atoms with Crippen molar-refractivity contribution in [1.82, 2.24) is 0 Å². The van der Waals surface area contributed by atoms with E-state index in [1.807, 2.05) is 0 Å². The molecule has 13 heavy (non-hydrogen) atoms. The summed E-state index contributed by atoms with van der Waals surface area (Å²) in [5.74, 6) is 0. The van der Waals surface area contributed by atoms with Gasteiger partial charge < -0.3 is 19.3 Å². The van der Waals surface area contributed by atoms with Crippen molar-refractivity contribution in [2.45, 2.75) is 25.6 Å². The first-order valence-electron chi connectivity index (χ1n) is 4.59. The van der Waals surface area contributed by atoms with Crippen LogP contribution in [0.4, 0.5) is 0 Å². The number of ether oxygens (including phenoxy) is 3. The summed E-state index contributed by atoms with van der Waals surface area (Å²) in [5.41, 5.74) is 0. The van der Waals surface area contributed by atoms with Gasteiger partial charge in [-0.25, -0.2) is 0 Å². The molecule has 0 heterocycles. The smallest absolute Gasteiger partial charge is 0.180 e. The molecule has 0 saturated heterocycles. The van der Waals surface area contributed by atoms with Gasteiger partial charge in [0.25, 0.3) is 0 Å². The van der Waals surface area contributed by atoms with E-state index >= 15 is 0 Å². The quantitative estimate of drug-likeness (QED) is 0.433. The topological polar surface area (TPSA) is 47.9 Å². The summed E-state index contributed by atoms with van der Waals surface area (Å²) < 4.78 is 15.2. The minimum absolute atomic E-state index is 0.263. The Hall–Kier alpha value is -0.160. The predicted molar refractivity (Wildman–Crippen MR) is 49.6 cm³/mol. The van der Waals surface area contributed by atoms with Crippen LogP contribution in [0.15, 0.2) is 0 Å². The van der Waals surface area contributed by atoms with Gasteiger partial charge in [-0.3, -0.25) is 0 Å². The summed E-state index contributed by atoms with van der Waals surface area (Å²) in [4.78, 5) is 0. The lowest BCUT2D eigenvalue weighted by Crippen LogP contribution is -2.20. The molecule has 0 aromatic carbocycles. The molecule has 0 saturated carbocycles. The predicted octanol–water partition coefficient (Wildman–Crippen LogP) is 0.784. The number of unbranched alkanes of at least 4 members (excludes halogenated alkanes) is 2. The minimum Gasteiger partial charge on any atom is -0.396 e. The molecule has 0 fully saturated rings. The molecule has 0 radical (unpaired) electrons. The third kappa shape index (κ3) is 8.18. The molecule has 0 aromatic heterocycles. The number of hydrogen-bond acceptors (Lipinski definition) is 4. The Morgan fingerprint density at radius 1 is 1.08 bits per heavy atom. The minimum atomic E-state index is -0.266. The monoisotopic (exact) mass is 192 g/mol. The Morgan fingerprint density at radius 2 is 1.77 bits per heavy atom. The van der Waals surface area contributed by atoms with Gasteiger partial charge in [0.2, 0.25) is 0 Å². The number of hydrogen-bond donors (Lipinski definition) is 1. The van der Waals surface area contributed by atoms with Gasteiger partial charge in [0.1, 0.15) is 0 Å². The van der Waals surface area contributed by atoms with E-state index in [4.69, 9.17) is 19.3 Å². The molecule has 0 unspecified atom stereocenters. The first kappa shape index (κ1) is 12.8. The summed E-state index contributed by atoms with van der Waals surface area (Å²) in [7, 11) is 3.17. The largest absolute Gasteiger partial charge is 0.396 e. The number of aliphatic hydroxyl groups excluding tert-OH is 1. The van der Waals surface area contributed by atoms with Crippen LogP contribution in [-0.2, 0) is 14.2 Å². The summed E-state index contributed by atoms with van der Waals surface area (Å²) in [6, 6.07) is 0. The SMILES string of the molecule is COC(COCCCCCO)OC. The summed E-state index contributed by atoms with van der Waals surface area (Å²) in [5, 5.41) is 8.51. The highest BCUT2D eigenvalue weighted by atomic mass is 16.7. The van der Waals surface area contributed by atoms with E-state index in [0.717, 1.165) is 19.3 Å². The van der Waals surface area contributed by atoms with Crippen molar-refractivity contribution < 1.29 is 19.3 Å². The molecule has 1 N–H and O–H groups in total. The number of aliphatic hydroxyl groups is 1. The maximum absolute atomic E-state index is 8.51. The van der Waals surface area contributed by atoms with Crippen molar-refractivity contribution in [1.29, 1.82) is 0 Å². The third-order valence-corrected chi connectivity index (χ3v) is 1.73. The normalized spacial score (nSPS) is 11.1. The van der Waals surface area contributed by atoms with Gasteiger partial charge in [0.15, 0.2) is 6.29 Å². The zero-order valence-electron chi connectivity index (χ0n) is 8.49. The molecule has 0 spiro atoms. The van der Waals surface area contributed by atoms with Gasteiger partial charge in [-0.15, -0.1) is 0 Å². The molecule has 4 heteroatoms. The van der Waals surface area contributed by atoms with Crippen LogP contribution in [0.2, 0.25) is 0 Å². The van der Waals surface area contributed by atoms with E-state index in [-0.39, 0.29) is 12.9 Å². The van der Waals surface area contributed by atoms with Crippen LogP contribution in [0.25, 0.3) is 0 Å². The summed E-state index contributed by atoms with van der Waals surface area (Å²) in [6.45, 7) is 1.42. The molecule has 0 aromatic rings. The Labute approximate surface area is 79.8 Å². The van der Waals surface area contributed by atoms with Gasteiger partial charge in [-0.2, -0.15) is 0 Å². The van der Waals surface area contributed by atoms with Crippen LogP contribution in [-0.4, -0.2) is 45.4 Å². The van der Waals surface area contributed by atoms with Gasteiger partial charge in [0, 0.05) is 27.4 Å². The van der Waals surface area contributed by atoms with Crippen LogP contribution >= 0.6 is 0 Å². The van der Waals surface area contributed by atoms with Crippen molar-refractivity contribution in [3.05, 3.63) is 0 Å².